The molecule has 1 heterocycles. The van der Waals surface area contributed by atoms with E-state index in [1.165, 1.54) is 0 Å². The highest BCUT2D eigenvalue weighted by atomic mass is 16.5. The number of benzene rings is 2. The Bertz CT molecular complexity index is 975. The van der Waals surface area contributed by atoms with Crippen molar-refractivity contribution in [3.8, 4) is 11.5 Å². The predicted octanol–water partition coefficient (Wildman–Crippen LogP) is 4.23. The van der Waals surface area contributed by atoms with Crippen LogP contribution in [0.4, 0.5) is 0 Å². The molecule has 2 N–H and O–H groups in total. The lowest BCUT2D eigenvalue weighted by atomic mass is 9.84. The number of para-hydroxylation sites is 2. The van der Waals surface area contributed by atoms with E-state index in [2.05, 4.69) is 22.4 Å². The van der Waals surface area contributed by atoms with Gasteiger partial charge in [0.1, 0.15) is 0 Å². The van der Waals surface area contributed by atoms with Gasteiger partial charge in [-0.05, 0) is 30.5 Å². The van der Waals surface area contributed by atoms with Crippen LogP contribution in [0, 0.1) is 5.92 Å². The Morgan fingerprint density at radius 2 is 1.93 bits per heavy atom. The molecule has 1 fully saturated rings. The second kappa shape index (κ2) is 7.97. The van der Waals surface area contributed by atoms with Crippen LogP contribution >= 0.6 is 0 Å². The molecule has 1 amide bonds. The molecule has 146 valence electrons. The van der Waals surface area contributed by atoms with Crippen LogP contribution in [0.15, 0.2) is 48.7 Å². The molecule has 0 saturated heterocycles. The second-order valence-electron chi connectivity index (χ2n) is 7.30. The highest BCUT2D eigenvalue weighted by molar-refractivity contribution is 5.85. The van der Waals surface area contributed by atoms with Gasteiger partial charge in [-0.2, -0.15) is 0 Å². The zero-order chi connectivity index (χ0) is 19.5. The van der Waals surface area contributed by atoms with Crippen LogP contribution in [0.1, 0.15) is 36.3 Å². The van der Waals surface area contributed by atoms with Gasteiger partial charge in [0.05, 0.1) is 14.2 Å². The summed E-state index contributed by atoms with van der Waals surface area (Å²) in [5.41, 5.74) is 3.21. The Kier molecular flexibility index (Phi) is 5.24. The minimum Gasteiger partial charge on any atom is -0.493 e. The first kappa shape index (κ1) is 18.4. The van der Waals surface area contributed by atoms with E-state index in [-0.39, 0.29) is 17.7 Å². The molecule has 1 aliphatic rings. The number of aromatic amines is 1. The Balaban J connectivity index is 1.74. The Morgan fingerprint density at radius 3 is 2.64 bits per heavy atom. The summed E-state index contributed by atoms with van der Waals surface area (Å²) >= 11 is 0. The largest absolute Gasteiger partial charge is 0.493 e. The summed E-state index contributed by atoms with van der Waals surface area (Å²) in [6.45, 7) is 0.515. The molecule has 5 heteroatoms. The van der Waals surface area contributed by atoms with Crippen molar-refractivity contribution >= 4 is 16.8 Å². The van der Waals surface area contributed by atoms with Crippen molar-refractivity contribution in [3.63, 3.8) is 0 Å². The van der Waals surface area contributed by atoms with E-state index >= 15 is 0 Å². The number of hydrogen-bond donors (Lipinski definition) is 2. The smallest absolute Gasteiger partial charge is 0.223 e. The first-order chi connectivity index (χ1) is 13.7. The number of fused-ring (bicyclic) bond motifs is 1. The third-order valence-electron chi connectivity index (χ3n) is 5.76. The van der Waals surface area contributed by atoms with Crippen molar-refractivity contribution in [3.05, 3.63) is 59.8 Å². The topological polar surface area (TPSA) is 63.3 Å². The monoisotopic (exact) mass is 378 g/mol. The Morgan fingerprint density at radius 1 is 1.11 bits per heavy atom. The van der Waals surface area contributed by atoms with Gasteiger partial charge in [0.15, 0.2) is 11.5 Å². The van der Waals surface area contributed by atoms with Gasteiger partial charge < -0.3 is 19.8 Å². The summed E-state index contributed by atoms with van der Waals surface area (Å²) in [5.74, 6) is 1.66. The van der Waals surface area contributed by atoms with E-state index < -0.39 is 0 Å². The summed E-state index contributed by atoms with van der Waals surface area (Å²) in [6, 6.07) is 14.1. The summed E-state index contributed by atoms with van der Waals surface area (Å²) < 4.78 is 11.2. The SMILES string of the molecule is COc1cccc(C(CNC(=O)C2CCC2)c2c[nH]c3ccccc23)c1OC. The van der Waals surface area contributed by atoms with Crippen molar-refractivity contribution in [1.82, 2.24) is 10.3 Å². The van der Waals surface area contributed by atoms with Crippen LogP contribution in [-0.4, -0.2) is 31.7 Å². The average Bonchev–Trinajstić information content (AvgIpc) is 3.10. The number of hydrogen-bond acceptors (Lipinski definition) is 3. The van der Waals surface area contributed by atoms with E-state index in [4.69, 9.17) is 9.47 Å². The molecular formula is C23H26N2O3. The average molecular weight is 378 g/mol. The number of methoxy groups -OCH3 is 2. The standard InChI is InChI=1S/C23H26N2O3/c1-27-21-12-6-10-17(22(21)28-2)19(14-25-23(26)15-7-5-8-15)18-13-24-20-11-4-3-9-16(18)20/h3-4,6,9-13,15,19,24H,5,7-8,14H2,1-2H3,(H,25,26). The number of aromatic nitrogens is 1. The van der Waals surface area contributed by atoms with Crippen LogP contribution in [-0.2, 0) is 4.79 Å². The highest BCUT2D eigenvalue weighted by Gasteiger charge is 2.28. The molecule has 1 saturated carbocycles. The molecule has 0 radical (unpaired) electrons. The van der Waals surface area contributed by atoms with E-state index in [0.717, 1.165) is 41.3 Å². The van der Waals surface area contributed by atoms with Gasteiger partial charge in [0, 0.05) is 41.0 Å². The van der Waals surface area contributed by atoms with Crippen LogP contribution in [0.3, 0.4) is 0 Å². The van der Waals surface area contributed by atoms with Crippen molar-refractivity contribution < 1.29 is 14.3 Å². The van der Waals surface area contributed by atoms with E-state index in [1.54, 1.807) is 14.2 Å². The van der Waals surface area contributed by atoms with Crippen LogP contribution in [0.5, 0.6) is 11.5 Å². The van der Waals surface area contributed by atoms with Gasteiger partial charge >= 0.3 is 0 Å². The van der Waals surface area contributed by atoms with Crippen molar-refractivity contribution in [2.24, 2.45) is 5.92 Å². The number of carbonyl (C=O) groups is 1. The third-order valence-corrected chi connectivity index (χ3v) is 5.76. The van der Waals surface area contributed by atoms with Gasteiger partial charge in [0.2, 0.25) is 5.91 Å². The van der Waals surface area contributed by atoms with Crippen molar-refractivity contribution in [2.75, 3.05) is 20.8 Å². The molecular weight excluding hydrogens is 352 g/mol. The fourth-order valence-electron chi connectivity index (χ4n) is 3.97. The molecule has 0 bridgehead atoms. The highest BCUT2D eigenvalue weighted by Crippen LogP contribution is 2.40. The first-order valence-electron chi connectivity index (χ1n) is 9.77. The first-order valence-corrected chi connectivity index (χ1v) is 9.77. The molecule has 4 rings (SSSR count). The quantitative estimate of drug-likeness (QED) is 0.647. The maximum Gasteiger partial charge on any atom is 0.223 e. The van der Waals surface area contributed by atoms with E-state index in [0.29, 0.717) is 18.0 Å². The summed E-state index contributed by atoms with van der Waals surface area (Å²) in [6.07, 6.45) is 5.16. The van der Waals surface area contributed by atoms with Crippen LogP contribution in [0.2, 0.25) is 0 Å². The minimum atomic E-state index is -0.0507. The Hall–Kier alpha value is -2.95. The molecule has 3 aromatic rings. The zero-order valence-electron chi connectivity index (χ0n) is 16.3. The van der Waals surface area contributed by atoms with Gasteiger partial charge in [-0.1, -0.05) is 36.8 Å². The molecule has 28 heavy (non-hydrogen) atoms. The number of carbonyl (C=O) groups excluding carboxylic acids is 1. The number of ether oxygens (including phenoxy) is 2. The maximum atomic E-state index is 12.5. The maximum absolute atomic E-state index is 12.5. The van der Waals surface area contributed by atoms with Gasteiger partial charge in [-0.3, -0.25) is 4.79 Å². The fraction of sp³-hybridized carbons (Fsp3) is 0.348. The van der Waals surface area contributed by atoms with Gasteiger partial charge in [0.25, 0.3) is 0 Å². The second-order valence-corrected chi connectivity index (χ2v) is 7.30. The van der Waals surface area contributed by atoms with Crippen molar-refractivity contribution in [1.29, 1.82) is 0 Å². The van der Waals surface area contributed by atoms with E-state index in [1.807, 2.05) is 36.5 Å². The molecule has 0 aliphatic heterocycles. The van der Waals surface area contributed by atoms with Gasteiger partial charge in [-0.15, -0.1) is 0 Å². The van der Waals surface area contributed by atoms with Gasteiger partial charge in [-0.25, -0.2) is 0 Å². The predicted molar refractivity (Wildman–Crippen MR) is 110 cm³/mol. The lowest BCUT2D eigenvalue weighted by Crippen LogP contribution is -2.37. The lowest BCUT2D eigenvalue weighted by Gasteiger charge is -2.26. The van der Waals surface area contributed by atoms with E-state index in [9.17, 15) is 4.79 Å². The molecule has 5 nitrogen and oxygen atoms in total. The molecule has 2 aromatic carbocycles. The number of H-pyrrole nitrogens is 1. The lowest BCUT2D eigenvalue weighted by molar-refractivity contribution is -0.127. The molecule has 1 aliphatic carbocycles. The number of amides is 1. The Labute approximate surface area is 165 Å². The summed E-state index contributed by atoms with van der Waals surface area (Å²) in [7, 11) is 3.29. The zero-order valence-corrected chi connectivity index (χ0v) is 16.3. The molecule has 0 spiro atoms. The molecule has 1 aromatic heterocycles. The molecule has 1 unspecified atom stereocenters. The number of rotatable bonds is 7. The minimum absolute atomic E-state index is 0.0507. The van der Waals surface area contributed by atoms with Crippen LogP contribution < -0.4 is 14.8 Å². The number of nitrogens with one attached hydrogen (secondary N) is 2. The van der Waals surface area contributed by atoms with Crippen molar-refractivity contribution in [2.45, 2.75) is 25.2 Å². The summed E-state index contributed by atoms with van der Waals surface area (Å²) in [4.78, 5) is 15.8. The van der Waals surface area contributed by atoms with Crippen LogP contribution in [0.25, 0.3) is 10.9 Å². The molecule has 1 atom stereocenters. The normalized spacial score (nSPS) is 15.1. The third kappa shape index (κ3) is 3.33. The summed E-state index contributed by atoms with van der Waals surface area (Å²) in [5, 5.41) is 4.32. The fourth-order valence-corrected chi connectivity index (χ4v) is 3.97.